The third-order valence-corrected chi connectivity index (χ3v) is 6.44. The van der Waals surface area contributed by atoms with E-state index < -0.39 is 23.1 Å². The third kappa shape index (κ3) is 6.20. The number of Topliss-reactive ketones (excluding diaryl/α,β-unsaturated/α-hetero) is 1. The van der Waals surface area contributed by atoms with E-state index in [2.05, 4.69) is 25.6 Å². The Morgan fingerprint density at radius 1 is 1.18 bits per heavy atom. The van der Waals surface area contributed by atoms with Crippen molar-refractivity contribution in [1.29, 1.82) is 0 Å². The molecule has 0 spiro atoms. The zero-order valence-corrected chi connectivity index (χ0v) is 20.9. The summed E-state index contributed by atoms with van der Waals surface area (Å²) in [6.45, 7) is 0.348. The topological polar surface area (TPSA) is 115 Å². The van der Waals surface area contributed by atoms with Crippen molar-refractivity contribution in [2.24, 2.45) is 5.41 Å². The summed E-state index contributed by atoms with van der Waals surface area (Å²) in [6, 6.07) is 4.94. The molecule has 1 aliphatic rings. The van der Waals surface area contributed by atoms with Gasteiger partial charge in [-0.25, -0.2) is 9.97 Å². The van der Waals surface area contributed by atoms with Crippen LogP contribution >= 0.6 is 11.6 Å². The zero-order chi connectivity index (χ0) is 27.3. The number of ketones is 1. The van der Waals surface area contributed by atoms with Gasteiger partial charge in [0.2, 0.25) is 5.91 Å². The van der Waals surface area contributed by atoms with Crippen LogP contribution in [0.1, 0.15) is 34.5 Å². The molecule has 38 heavy (non-hydrogen) atoms. The minimum atomic E-state index is -4.62. The molecule has 0 radical (unpaired) electrons. The fourth-order valence-electron chi connectivity index (χ4n) is 4.02. The molecule has 3 heterocycles. The summed E-state index contributed by atoms with van der Waals surface area (Å²) in [5.74, 6) is -0.614. The molecule has 1 atom stereocenters. The lowest BCUT2D eigenvalue weighted by molar-refractivity contribution is -0.137. The number of hydrogen-bond acceptors (Lipinski definition) is 8. The number of methoxy groups -OCH3 is 1. The first-order chi connectivity index (χ1) is 18.1. The third-order valence-electron chi connectivity index (χ3n) is 6.11. The predicted molar refractivity (Wildman–Crippen MR) is 131 cm³/mol. The summed E-state index contributed by atoms with van der Waals surface area (Å²) in [4.78, 5) is 37.7. The van der Waals surface area contributed by atoms with Gasteiger partial charge in [0.15, 0.2) is 5.78 Å². The van der Waals surface area contributed by atoms with Gasteiger partial charge in [0.25, 0.3) is 0 Å². The lowest BCUT2D eigenvalue weighted by atomic mass is 9.80. The van der Waals surface area contributed by atoms with Crippen LogP contribution in [0.25, 0.3) is 0 Å². The number of aromatic nitrogens is 3. The Labute approximate surface area is 220 Å². The van der Waals surface area contributed by atoms with Crippen molar-refractivity contribution in [3.05, 3.63) is 71.0 Å². The molecule has 0 saturated carbocycles. The van der Waals surface area contributed by atoms with Crippen molar-refractivity contribution in [1.82, 2.24) is 20.3 Å². The van der Waals surface area contributed by atoms with Gasteiger partial charge in [0, 0.05) is 25.4 Å². The highest BCUT2D eigenvalue weighted by molar-refractivity contribution is 6.31. The molecule has 0 unspecified atom stereocenters. The van der Waals surface area contributed by atoms with Crippen molar-refractivity contribution in [2.75, 3.05) is 25.6 Å². The van der Waals surface area contributed by atoms with Crippen LogP contribution < -0.4 is 15.4 Å². The smallest absolute Gasteiger partial charge is 0.418 e. The molecule has 3 aromatic rings. The second kappa shape index (κ2) is 11.3. The fourth-order valence-corrected chi connectivity index (χ4v) is 4.26. The van der Waals surface area contributed by atoms with Crippen molar-refractivity contribution in [3.63, 3.8) is 0 Å². The van der Waals surface area contributed by atoms with E-state index >= 15 is 0 Å². The lowest BCUT2D eigenvalue weighted by Crippen LogP contribution is -2.43. The van der Waals surface area contributed by atoms with E-state index in [0.29, 0.717) is 24.3 Å². The first-order valence-corrected chi connectivity index (χ1v) is 11.8. The number of nitrogens with one attached hydrogen (secondary N) is 2. The van der Waals surface area contributed by atoms with E-state index in [1.807, 2.05) is 0 Å². The van der Waals surface area contributed by atoms with Gasteiger partial charge in [-0.1, -0.05) is 11.6 Å². The number of nitrogens with zero attached hydrogens (tertiary/aromatic N) is 3. The molecular formula is C25H23ClF3N5O4. The minimum Gasteiger partial charge on any atom is -0.497 e. The molecule has 0 aliphatic carbocycles. The first-order valence-electron chi connectivity index (χ1n) is 11.4. The maximum absolute atomic E-state index is 13.5. The highest BCUT2D eigenvalue weighted by atomic mass is 35.5. The van der Waals surface area contributed by atoms with Gasteiger partial charge < -0.3 is 20.1 Å². The number of carbonyl (C=O) groups is 2. The van der Waals surface area contributed by atoms with E-state index in [0.717, 1.165) is 6.07 Å². The average Bonchev–Trinajstić information content (AvgIpc) is 3.38. The molecule has 1 aromatic carbocycles. The molecule has 9 nitrogen and oxygen atoms in total. The maximum atomic E-state index is 13.5. The summed E-state index contributed by atoms with van der Waals surface area (Å²) in [5, 5.41) is 5.57. The van der Waals surface area contributed by atoms with Crippen molar-refractivity contribution in [3.8, 4) is 5.75 Å². The Balaban J connectivity index is 1.44. The molecule has 13 heteroatoms. The highest BCUT2D eigenvalue weighted by Crippen LogP contribution is 2.39. The Bertz CT molecular complexity index is 1320. The van der Waals surface area contributed by atoms with Crippen LogP contribution in [0.2, 0.25) is 5.02 Å². The molecule has 1 fully saturated rings. The van der Waals surface area contributed by atoms with Gasteiger partial charge in [-0.2, -0.15) is 13.2 Å². The Morgan fingerprint density at radius 2 is 1.95 bits per heavy atom. The number of rotatable bonds is 9. The van der Waals surface area contributed by atoms with Crippen molar-refractivity contribution < 1.29 is 32.2 Å². The second-order valence-electron chi connectivity index (χ2n) is 8.68. The summed E-state index contributed by atoms with van der Waals surface area (Å²) >= 11 is 6.33. The van der Waals surface area contributed by atoms with E-state index in [1.165, 1.54) is 50.2 Å². The zero-order valence-electron chi connectivity index (χ0n) is 20.1. The number of anilines is 2. The van der Waals surface area contributed by atoms with Crippen molar-refractivity contribution in [2.45, 2.75) is 25.6 Å². The molecular weight excluding hydrogens is 527 g/mol. The molecule has 200 valence electrons. The Morgan fingerprint density at radius 3 is 2.58 bits per heavy atom. The summed E-state index contributed by atoms with van der Waals surface area (Å²) < 4.78 is 50.9. The van der Waals surface area contributed by atoms with Crippen LogP contribution in [0.4, 0.5) is 24.5 Å². The largest absolute Gasteiger partial charge is 0.497 e. The normalized spacial score (nSPS) is 17.2. The molecule has 1 aliphatic heterocycles. The van der Waals surface area contributed by atoms with Gasteiger partial charge in [-0.3, -0.25) is 14.6 Å². The Kier molecular flexibility index (Phi) is 8.12. The molecule has 2 aromatic heterocycles. The number of carbonyl (C=O) groups excluding carboxylic acids is 2. The number of ether oxygens (including phenoxy) is 2. The summed E-state index contributed by atoms with van der Waals surface area (Å²) in [7, 11) is 1.28. The van der Waals surface area contributed by atoms with Gasteiger partial charge in [-0.15, -0.1) is 0 Å². The van der Waals surface area contributed by atoms with Gasteiger partial charge >= 0.3 is 6.18 Å². The van der Waals surface area contributed by atoms with Crippen LogP contribution in [-0.2, 0) is 22.3 Å². The molecule has 2 N–H and O–H groups in total. The number of hydrogen-bond donors (Lipinski definition) is 2. The molecule has 0 bridgehead atoms. The van der Waals surface area contributed by atoms with Crippen molar-refractivity contribution >= 4 is 34.7 Å². The number of alkyl halides is 3. The lowest BCUT2D eigenvalue weighted by Gasteiger charge is -2.25. The number of pyridine rings is 1. The molecule has 4 rings (SSSR count). The highest BCUT2D eigenvalue weighted by Gasteiger charge is 2.44. The standard InChI is InChI=1S/C25H23ClF3N5O4/c1-37-17-2-3-20(18(7-17)25(27,28)29)34-16-6-19(26)21(32-11-16)12-33-23(36)24(4-5-38-13-24)8-22(35)15-9-30-14-31-10-15/h2-3,6-7,9-11,14,34H,4-5,8,12-13H2,1H3,(H,33,36)/t24-/m0/s1. The van der Waals surface area contributed by atoms with Gasteiger partial charge in [0.1, 0.15) is 12.1 Å². The van der Waals surface area contributed by atoms with E-state index in [4.69, 9.17) is 21.1 Å². The van der Waals surface area contributed by atoms with Crippen LogP contribution in [0, 0.1) is 5.41 Å². The molecule has 1 amide bonds. The summed E-state index contributed by atoms with van der Waals surface area (Å²) in [6.07, 6.45) is 1.05. The van der Waals surface area contributed by atoms with E-state index in [9.17, 15) is 22.8 Å². The monoisotopic (exact) mass is 549 g/mol. The number of benzene rings is 1. The number of halogens is 4. The second-order valence-corrected chi connectivity index (χ2v) is 9.09. The Hall–Kier alpha value is -3.77. The first kappa shape index (κ1) is 27.3. The van der Waals surface area contributed by atoms with Crippen LogP contribution in [0.15, 0.2) is 49.2 Å². The van der Waals surface area contributed by atoms with Gasteiger partial charge in [-0.05, 0) is 30.7 Å². The fraction of sp³-hybridized carbons (Fsp3) is 0.320. The quantitative estimate of drug-likeness (QED) is 0.372. The van der Waals surface area contributed by atoms with Gasteiger partial charge in [0.05, 0.1) is 65.1 Å². The molecule has 1 saturated heterocycles. The average molecular weight is 550 g/mol. The predicted octanol–water partition coefficient (Wildman–Crippen LogP) is 4.59. The van der Waals surface area contributed by atoms with Crippen LogP contribution in [0.3, 0.4) is 0 Å². The van der Waals surface area contributed by atoms with E-state index in [1.54, 1.807) is 0 Å². The number of amides is 1. The SMILES string of the molecule is COc1ccc(Nc2cnc(CNC(=O)[C@]3(CC(=O)c4cncnc4)CCOC3)c(Cl)c2)c(C(F)(F)F)c1. The van der Waals surface area contributed by atoms with E-state index in [-0.39, 0.29) is 47.5 Å². The minimum absolute atomic E-state index is 0.0569. The van der Waals surface area contributed by atoms with Crippen LogP contribution in [-0.4, -0.2) is 47.0 Å². The maximum Gasteiger partial charge on any atom is 0.418 e. The van der Waals surface area contributed by atoms with Crippen LogP contribution in [0.5, 0.6) is 5.75 Å². The summed E-state index contributed by atoms with van der Waals surface area (Å²) in [5.41, 5.74) is -1.36.